The molecule has 0 spiro atoms. The van der Waals surface area contributed by atoms with Crippen LogP contribution in [0.1, 0.15) is 24.0 Å². The van der Waals surface area contributed by atoms with E-state index >= 15 is 0 Å². The number of ether oxygens (including phenoxy) is 2. The quantitative estimate of drug-likeness (QED) is 0.807. The van der Waals surface area contributed by atoms with E-state index in [1.165, 1.54) is 6.07 Å². The smallest absolute Gasteiger partial charge is 0.200 e. The van der Waals surface area contributed by atoms with Crippen molar-refractivity contribution in [1.82, 2.24) is 0 Å². The molecule has 0 amide bonds. The molecule has 1 fully saturated rings. The van der Waals surface area contributed by atoms with E-state index in [2.05, 4.69) is 0 Å². The molecule has 3 rings (SSSR count). The van der Waals surface area contributed by atoms with Crippen molar-refractivity contribution >= 4 is 13.3 Å². The predicted molar refractivity (Wildman–Crippen MR) is 86.3 cm³/mol. The maximum absolute atomic E-state index is 14.6. The average molecular weight is 314 g/mol. The summed E-state index contributed by atoms with van der Waals surface area (Å²) in [6.45, 7) is 3.90. The van der Waals surface area contributed by atoms with E-state index in [4.69, 9.17) is 17.3 Å². The van der Waals surface area contributed by atoms with Gasteiger partial charge in [-0.15, -0.1) is 0 Å². The van der Waals surface area contributed by atoms with Gasteiger partial charge in [0.1, 0.15) is 13.7 Å². The Morgan fingerprint density at radius 2 is 1.83 bits per heavy atom. The van der Waals surface area contributed by atoms with Crippen LogP contribution in [-0.4, -0.2) is 20.7 Å². The highest BCUT2D eigenvalue weighted by Gasteiger charge is 2.21. The highest BCUT2D eigenvalue weighted by Crippen LogP contribution is 2.31. The summed E-state index contributed by atoms with van der Waals surface area (Å²) in [4.78, 5) is 0. The summed E-state index contributed by atoms with van der Waals surface area (Å²) in [5, 5.41) is 0. The van der Waals surface area contributed by atoms with Gasteiger partial charge in [0, 0.05) is 6.42 Å². The first-order valence-electron chi connectivity index (χ1n) is 7.61. The zero-order valence-corrected chi connectivity index (χ0v) is 13.2. The SMILES string of the molecule is [B]c1c(-c2ccc(OC3CCCO3)c(F)c2C)ccc(C)c1F. The van der Waals surface area contributed by atoms with Crippen LogP contribution in [0.4, 0.5) is 8.78 Å². The molecule has 0 aromatic heterocycles. The topological polar surface area (TPSA) is 18.5 Å². The van der Waals surface area contributed by atoms with Gasteiger partial charge >= 0.3 is 0 Å². The zero-order chi connectivity index (χ0) is 16.6. The minimum atomic E-state index is -0.474. The standard InChI is InChI=1S/C18H17BF2O2/c1-10-5-6-13(16(19)17(10)20)12-7-8-14(18(21)11(12)2)23-15-4-3-9-22-15/h5-8,15H,3-4,9H2,1-2H3. The Balaban J connectivity index is 1.98. The molecule has 0 saturated carbocycles. The van der Waals surface area contributed by atoms with Crippen molar-refractivity contribution in [3.8, 4) is 16.9 Å². The Hall–Kier alpha value is -1.88. The van der Waals surface area contributed by atoms with Crippen LogP contribution in [0.15, 0.2) is 24.3 Å². The Morgan fingerprint density at radius 3 is 2.52 bits per heavy atom. The maximum Gasteiger partial charge on any atom is 0.200 e. The van der Waals surface area contributed by atoms with Crippen LogP contribution in [-0.2, 0) is 4.74 Å². The van der Waals surface area contributed by atoms with Crippen LogP contribution in [0.3, 0.4) is 0 Å². The minimum Gasteiger partial charge on any atom is -0.462 e. The van der Waals surface area contributed by atoms with Crippen molar-refractivity contribution in [2.75, 3.05) is 6.61 Å². The summed E-state index contributed by atoms with van der Waals surface area (Å²) in [5.41, 5.74) is 1.89. The maximum atomic E-state index is 14.6. The fraction of sp³-hybridized carbons (Fsp3) is 0.333. The molecule has 1 unspecified atom stereocenters. The monoisotopic (exact) mass is 314 g/mol. The van der Waals surface area contributed by atoms with Gasteiger partial charge < -0.3 is 9.47 Å². The molecule has 0 bridgehead atoms. The summed E-state index contributed by atoms with van der Waals surface area (Å²) in [7, 11) is 5.86. The molecule has 1 atom stereocenters. The van der Waals surface area contributed by atoms with Crippen LogP contribution in [0.5, 0.6) is 5.75 Å². The van der Waals surface area contributed by atoms with E-state index in [1.807, 2.05) is 0 Å². The van der Waals surface area contributed by atoms with E-state index in [0.29, 0.717) is 28.9 Å². The van der Waals surface area contributed by atoms with Gasteiger partial charge in [-0.2, -0.15) is 0 Å². The van der Waals surface area contributed by atoms with Crippen LogP contribution in [0.25, 0.3) is 11.1 Å². The minimum absolute atomic E-state index is 0.0281. The van der Waals surface area contributed by atoms with Crippen molar-refractivity contribution in [1.29, 1.82) is 0 Å². The molecule has 5 heteroatoms. The van der Waals surface area contributed by atoms with Crippen LogP contribution in [0.2, 0.25) is 0 Å². The summed E-state index contributed by atoms with van der Waals surface area (Å²) < 4.78 is 39.5. The van der Waals surface area contributed by atoms with Gasteiger partial charge in [0.15, 0.2) is 17.9 Å². The molecular formula is C18H17BF2O2. The lowest BCUT2D eigenvalue weighted by atomic mass is 9.84. The lowest BCUT2D eigenvalue weighted by molar-refractivity contribution is -0.0411. The number of aryl methyl sites for hydroxylation is 1. The molecule has 118 valence electrons. The Labute approximate surface area is 135 Å². The molecule has 2 aromatic carbocycles. The molecule has 2 nitrogen and oxygen atoms in total. The third kappa shape index (κ3) is 2.98. The number of halogens is 2. The molecule has 1 saturated heterocycles. The second kappa shape index (κ2) is 6.32. The van der Waals surface area contributed by atoms with E-state index in [9.17, 15) is 8.78 Å². The molecule has 23 heavy (non-hydrogen) atoms. The van der Waals surface area contributed by atoms with E-state index in [1.54, 1.807) is 32.0 Å². The van der Waals surface area contributed by atoms with E-state index in [-0.39, 0.29) is 11.2 Å². The van der Waals surface area contributed by atoms with E-state index < -0.39 is 17.9 Å². The van der Waals surface area contributed by atoms with Crippen LogP contribution in [0, 0.1) is 25.5 Å². The molecule has 1 aliphatic rings. The molecule has 2 radical (unpaired) electrons. The number of rotatable bonds is 3. The van der Waals surface area contributed by atoms with Crippen molar-refractivity contribution in [2.45, 2.75) is 33.0 Å². The normalized spacial score (nSPS) is 17.5. The lowest BCUT2D eigenvalue weighted by Crippen LogP contribution is -2.16. The first-order chi connectivity index (χ1) is 11.0. The first kappa shape index (κ1) is 16.0. The van der Waals surface area contributed by atoms with E-state index in [0.717, 1.165) is 12.8 Å². The summed E-state index contributed by atoms with van der Waals surface area (Å²) >= 11 is 0. The Bertz CT molecular complexity index is 740. The zero-order valence-electron chi connectivity index (χ0n) is 13.2. The van der Waals surface area contributed by atoms with Crippen molar-refractivity contribution in [2.24, 2.45) is 0 Å². The van der Waals surface area contributed by atoms with Gasteiger partial charge in [-0.05, 0) is 48.6 Å². The fourth-order valence-corrected chi connectivity index (χ4v) is 2.76. The van der Waals surface area contributed by atoms with Crippen LogP contribution < -0.4 is 10.2 Å². The fourth-order valence-electron chi connectivity index (χ4n) is 2.76. The highest BCUT2D eigenvalue weighted by atomic mass is 19.1. The third-order valence-electron chi connectivity index (χ3n) is 4.16. The van der Waals surface area contributed by atoms with Gasteiger partial charge in [0.2, 0.25) is 0 Å². The van der Waals surface area contributed by atoms with Crippen molar-refractivity contribution in [3.05, 3.63) is 47.0 Å². The number of hydrogen-bond acceptors (Lipinski definition) is 2. The van der Waals surface area contributed by atoms with Gasteiger partial charge in [0.25, 0.3) is 0 Å². The Morgan fingerprint density at radius 1 is 1.09 bits per heavy atom. The van der Waals surface area contributed by atoms with Crippen molar-refractivity contribution < 1.29 is 18.3 Å². The number of hydrogen-bond donors (Lipinski definition) is 0. The molecule has 1 aliphatic heterocycles. The summed E-state index contributed by atoms with van der Waals surface area (Å²) in [5.74, 6) is -0.801. The average Bonchev–Trinajstić information content (AvgIpc) is 3.04. The number of benzene rings is 2. The second-order valence-corrected chi connectivity index (χ2v) is 5.77. The lowest BCUT2D eigenvalue weighted by Gasteiger charge is -2.17. The largest absolute Gasteiger partial charge is 0.462 e. The highest BCUT2D eigenvalue weighted by molar-refractivity contribution is 6.36. The summed E-state index contributed by atoms with van der Waals surface area (Å²) in [6.07, 6.45) is 1.25. The van der Waals surface area contributed by atoms with Gasteiger partial charge in [0.05, 0.1) is 6.61 Å². The second-order valence-electron chi connectivity index (χ2n) is 5.77. The van der Waals surface area contributed by atoms with Gasteiger partial charge in [-0.3, -0.25) is 0 Å². The van der Waals surface area contributed by atoms with Crippen molar-refractivity contribution in [3.63, 3.8) is 0 Å². The van der Waals surface area contributed by atoms with Gasteiger partial charge in [-0.25, -0.2) is 8.78 Å². The summed E-state index contributed by atoms with van der Waals surface area (Å²) in [6, 6.07) is 6.57. The van der Waals surface area contributed by atoms with Gasteiger partial charge in [-0.1, -0.05) is 23.7 Å². The predicted octanol–water partition coefficient (Wildman–Crippen LogP) is 3.56. The molecule has 2 aromatic rings. The molecule has 0 N–H and O–H groups in total. The molecule has 0 aliphatic carbocycles. The Kier molecular flexibility index (Phi) is 4.40. The third-order valence-corrected chi connectivity index (χ3v) is 4.16. The molecular weight excluding hydrogens is 297 g/mol. The van der Waals surface area contributed by atoms with Crippen LogP contribution >= 0.6 is 0 Å². The first-order valence-corrected chi connectivity index (χ1v) is 7.61. The molecule has 1 heterocycles.